The Labute approximate surface area is 167 Å². The maximum atomic E-state index is 11.4. The smallest absolute Gasteiger partial charge is 0.131 e. The van der Waals surface area contributed by atoms with E-state index in [1.807, 2.05) is 30.5 Å². The first-order valence-electron chi connectivity index (χ1n) is 9.18. The van der Waals surface area contributed by atoms with Crippen LogP contribution in [0, 0.1) is 11.8 Å². The first kappa shape index (κ1) is 18.8. The second-order valence-corrected chi connectivity index (χ2v) is 7.55. The lowest BCUT2D eigenvalue weighted by molar-refractivity contribution is -0.971. The van der Waals surface area contributed by atoms with Gasteiger partial charge in [-0.25, -0.2) is 0 Å². The van der Waals surface area contributed by atoms with Crippen LogP contribution in [0.25, 0.3) is 10.9 Å². The van der Waals surface area contributed by atoms with Crippen molar-refractivity contribution in [2.45, 2.75) is 31.9 Å². The van der Waals surface area contributed by atoms with Crippen LogP contribution in [0.15, 0.2) is 49.2 Å². The summed E-state index contributed by atoms with van der Waals surface area (Å²) in [6.45, 7) is 9.74. The monoisotopic (exact) mass is 450 g/mol. The third kappa shape index (κ3) is 3.02. The summed E-state index contributed by atoms with van der Waals surface area (Å²) < 4.78 is 1.03. The molecule has 2 aromatic rings. The summed E-state index contributed by atoms with van der Waals surface area (Å²) in [4.78, 5) is 4.45. The van der Waals surface area contributed by atoms with Crippen LogP contribution in [-0.4, -0.2) is 40.2 Å². The van der Waals surface area contributed by atoms with Crippen molar-refractivity contribution in [3.8, 4) is 0 Å². The number of piperidine rings is 3. The molecule has 0 radical (unpaired) electrons. The predicted octanol–water partition coefficient (Wildman–Crippen LogP) is 0.703. The first-order chi connectivity index (χ1) is 11.7. The van der Waals surface area contributed by atoms with E-state index in [-0.39, 0.29) is 30.0 Å². The van der Waals surface area contributed by atoms with Crippen LogP contribution in [0.4, 0.5) is 0 Å². The van der Waals surface area contributed by atoms with Crippen molar-refractivity contribution in [3.05, 3.63) is 54.7 Å². The van der Waals surface area contributed by atoms with Gasteiger partial charge in [0.2, 0.25) is 0 Å². The Morgan fingerprint density at radius 1 is 1.36 bits per heavy atom. The SMILES string of the molecule is C=CC1C[N+]2(CC)CCC1CC2C(O)c1ccnc2ccccc12.[I-]. The van der Waals surface area contributed by atoms with Gasteiger partial charge in [0.1, 0.15) is 12.1 Å². The summed E-state index contributed by atoms with van der Waals surface area (Å²) >= 11 is 0. The van der Waals surface area contributed by atoms with Crippen LogP contribution in [-0.2, 0) is 0 Å². The lowest BCUT2D eigenvalue weighted by Gasteiger charge is -2.57. The molecule has 4 heteroatoms. The fourth-order valence-electron chi connectivity index (χ4n) is 5.23. The maximum Gasteiger partial charge on any atom is 0.131 e. The Balaban J connectivity index is 0.00000182. The minimum atomic E-state index is -0.425. The van der Waals surface area contributed by atoms with E-state index in [4.69, 9.17) is 0 Å². The third-order valence-electron chi connectivity index (χ3n) is 6.67. The summed E-state index contributed by atoms with van der Waals surface area (Å²) in [6.07, 6.45) is 5.93. The molecule has 1 aromatic carbocycles. The number of nitrogens with zero attached hydrogens (tertiary/aromatic N) is 2. The zero-order chi connectivity index (χ0) is 16.7. The topological polar surface area (TPSA) is 33.1 Å². The highest BCUT2D eigenvalue weighted by molar-refractivity contribution is 5.82. The zero-order valence-electron chi connectivity index (χ0n) is 14.8. The molecule has 134 valence electrons. The van der Waals surface area contributed by atoms with Crippen LogP contribution in [0.5, 0.6) is 0 Å². The zero-order valence-corrected chi connectivity index (χ0v) is 17.0. The second kappa shape index (κ2) is 7.33. The predicted molar refractivity (Wildman–Crippen MR) is 97.4 cm³/mol. The normalized spacial score (nSPS) is 32.2. The van der Waals surface area contributed by atoms with Crippen molar-refractivity contribution < 1.29 is 33.6 Å². The van der Waals surface area contributed by atoms with E-state index in [0.717, 1.165) is 40.5 Å². The highest BCUT2D eigenvalue weighted by Crippen LogP contribution is 2.46. The van der Waals surface area contributed by atoms with Crippen molar-refractivity contribution in [3.63, 3.8) is 0 Å². The molecule has 0 spiro atoms. The molecule has 5 unspecified atom stereocenters. The van der Waals surface area contributed by atoms with Crippen LogP contribution in [0.2, 0.25) is 0 Å². The molecule has 5 atom stereocenters. The molecule has 25 heavy (non-hydrogen) atoms. The van der Waals surface area contributed by atoms with Crippen LogP contribution in [0.3, 0.4) is 0 Å². The summed E-state index contributed by atoms with van der Waals surface area (Å²) in [5.41, 5.74) is 2.01. The van der Waals surface area contributed by atoms with Crippen LogP contribution in [0.1, 0.15) is 31.4 Å². The summed E-state index contributed by atoms with van der Waals surface area (Å²) in [6, 6.07) is 10.4. The molecule has 2 bridgehead atoms. The molecule has 0 aliphatic carbocycles. The molecule has 3 saturated heterocycles. The van der Waals surface area contributed by atoms with E-state index < -0.39 is 6.10 Å². The Morgan fingerprint density at radius 2 is 2.16 bits per heavy atom. The van der Waals surface area contributed by atoms with Gasteiger partial charge in [0.05, 0.1) is 25.2 Å². The number of aromatic nitrogens is 1. The summed E-state index contributed by atoms with van der Waals surface area (Å²) in [5, 5.41) is 12.4. The number of hydrogen-bond donors (Lipinski definition) is 1. The Hall–Kier alpha value is -0.980. The fraction of sp³-hybridized carbons (Fsp3) is 0.476. The summed E-state index contributed by atoms with van der Waals surface area (Å²) in [7, 11) is 0. The van der Waals surface area contributed by atoms with E-state index in [1.54, 1.807) is 0 Å². The van der Waals surface area contributed by atoms with Gasteiger partial charge in [0, 0.05) is 30.3 Å². The molecular formula is C21H27IN2O. The number of hydrogen-bond acceptors (Lipinski definition) is 2. The lowest BCUT2D eigenvalue weighted by Crippen LogP contribution is -3.00. The molecular weight excluding hydrogens is 423 g/mol. The van der Waals surface area contributed by atoms with E-state index >= 15 is 0 Å². The van der Waals surface area contributed by atoms with Gasteiger partial charge < -0.3 is 33.6 Å². The number of aliphatic hydroxyl groups excluding tert-OH is 1. The Kier molecular flexibility index (Phi) is 5.51. The standard InChI is InChI=1S/C21H27N2O.HI/c1-3-15-14-23(4-2)12-10-16(15)13-20(23)21(24)18-9-11-22-19-8-6-5-7-17(18)19;/h3,5-9,11,15-16,20-21,24H,1,4,10,12-14H2,2H3;1H/q+1;/p-1. The van der Waals surface area contributed by atoms with Crippen molar-refractivity contribution >= 4 is 10.9 Å². The minimum absolute atomic E-state index is 0. The number of pyridine rings is 1. The van der Waals surface area contributed by atoms with Gasteiger partial charge in [-0.15, -0.1) is 6.58 Å². The molecule has 0 amide bonds. The quantitative estimate of drug-likeness (QED) is 0.423. The number of likely N-dealkylation sites (N-methyl/N-ethyl adjacent to an activating group) is 1. The summed E-state index contributed by atoms with van der Waals surface area (Å²) in [5.74, 6) is 1.29. The molecule has 3 aliphatic rings. The van der Waals surface area contributed by atoms with Gasteiger partial charge in [-0.2, -0.15) is 0 Å². The van der Waals surface area contributed by atoms with Crippen LogP contribution < -0.4 is 24.0 Å². The van der Waals surface area contributed by atoms with Crippen molar-refractivity contribution in [2.24, 2.45) is 11.8 Å². The molecule has 0 saturated carbocycles. The van der Waals surface area contributed by atoms with E-state index in [1.165, 1.54) is 13.0 Å². The van der Waals surface area contributed by atoms with Crippen molar-refractivity contribution in [2.75, 3.05) is 19.6 Å². The molecule has 5 rings (SSSR count). The lowest BCUT2D eigenvalue weighted by atomic mass is 9.71. The molecule has 4 heterocycles. The van der Waals surface area contributed by atoms with Gasteiger partial charge in [0.25, 0.3) is 0 Å². The molecule has 1 aromatic heterocycles. The Bertz CT molecular complexity index is 759. The number of para-hydroxylation sites is 1. The van der Waals surface area contributed by atoms with Gasteiger partial charge in [-0.1, -0.05) is 24.3 Å². The number of aliphatic hydroxyl groups is 1. The van der Waals surface area contributed by atoms with Crippen LogP contribution >= 0.6 is 0 Å². The van der Waals surface area contributed by atoms with Gasteiger partial charge >= 0.3 is 0 Å². The van der Waals surface area contributed by atoms with E-state index in [0.29, 0.717) is 11.8 Å². The number of halogens is 1. The maximum absolute atomic E-state index is 11.4. The van der Waals surface area contributed by atoms with Crippen molar-refractivity contribution in [1.29, 1.82) is 0 Å². The van der Waals surface area contributed by atoms with Gasteiger partial charge in [0.15, 0.2) is 0 Å². The van der Waals surface area contributed by atoms with Gasteiger partial charge in [-0.3, -0.25) is 4.98 Å². The molecule has 3 aliphatic heterocycles. The molecule has 3 fully saturated rings. The number of quaternary nitrogens is 1. The number of benzene rings is 1. The molecule has 1 N–H and O–H groups in total. The largest absolute Gasteiger partial charge is 1.00 e. The third-order valence-corrected chi connectivity index (χ3v) is 6.67. The Morgan fingerprint density at radius 3 is 2.92 bits per heavy atom. The highest BCUT2D eigenvalue weighted by atomic mass is 127. The van der Waals surface area contributed by atoms with Crippen molar-refractivity contribution in [1.82, 2.24) is 4.98 Å². The van der Waals surface area contributed by atoms with E-state index in [9.17, 15) is 5.11 Å². The number of rotatable bonds is 4. The van der Waals surface area contributed by atoms with E-state index in [2.05, 4.69) is 30.6 Å². The first-order valence-corrected chi connectivity index (χ1v) is 9.18. The number of fused-ring (bicyclic) bond motifs is 4. The second-order valence-electron chi connectivity index (χ2n) is 7.55. The average molecular weight is 450 g/mol. The fourth-order valence-corrected chi connectivity index (χ4v) is 5.23. The average Bonchev–Trinajstić information content (AvgIpc) is 2.67. The minimum Gasteiger partial charge on any atom is -1.00 e. The molecule has 3 nitrogen and oxygen atoms in total. The van der Waals surface area contributed by atoms with Gasteiger partial charge in [-0.05, 0) is 30.5 Å². The highest BCUT2D eigenvalue weighted by Gasteiger charge is 2.53.